The van der Waals surface area contributed by atoms with E-state index >= 15 is 0 Å². The Kier molecular flexibility index (Phi) is 6.09. The molecule has 1 heterocycles. The molecular formula is C22H20FN3O5S2. The number of nitrogens with one attached hydrogen (secondary N) is 2. The van der Waals surface area contributed by atoms with Crippen LogP contribution < -0.4 is 14.3 Å². The molecule has 4 rings (SSSR count). The van der Waals surface area contributed by atoms with Gasteiger partial charge in [-0.25, -0.2) is 21.2 Å². The molecule has 1 aliphatic heterocycles. The Morgan fingerprint density at radius 2 is 1.21 bits per heavy atom. The Bertz CT molecular complexity index is 1390. The summed E-state index contributed by atoms with van der Waals surface area (Å²) in [5, 5.41) is 0. The minimum atomic E-state index is -4.08. The van der Waals surface area contributed by atoms with Gasteiger partial charge in [-0.15, -0.1) is 0 Å². The maximum absolute atomic E-state index is 13.1. The van der Waals surface area contributed by atoms with Gasteiger partial charge in [0.15, 0.2) is 0 Å². The maximum atomic E-state index is 13.1. The summed E-state index contributed by atoms with van der Waals surface area (Å²) >= 11 is 0. The first-order valence-electron chi connectivity index (χ1n) is 9.96. The van der Waals surface area contributed by atoms with Gasteiger partial charge in [-0.3, -0.25) is 14.2 Å². The van der Waals surface area contributed by atoms with E-state index in [0.717, 1.165) is 30.7 Å². The first-order valence-corrected chi connectivity index (χ1v) is 12.9. The minimum Gasteiger partial charge on any atom is -0.312 e. The van der Waals surface area contributed by atoms with Gasteiger partial charge in [-0.05, 0) is 67.1 Å². The fourth-order valence-corrected chi connectivity index (χ4v) is 5.57. The SMILES string of the molecule is O=C1CCCN1c1ccc(S(=O)(=O)Nc2ccccc2NS(=O)(=O)c2ccc(F)cc2)cc1. The number of carbonyl (C=O) groups is 1. The molecule has 33 heavy (non-hydrogen) atoms. The van der Waals surface area contributed by atoms with Crippen LogP contribution in [0.1, 0.15) is 12.8 Å². The van der Waals surface area contributed by atoms with Gasteiger partial charge in [0.1, 0.15) is 5.82 Å². The quantitative estimate of drug-likeness (QED) is 0.527. The number of amides is 1. The molecule has 1 aliphatic rings. The molecule has 172 valence electrons. The topological polar surface area (TPSA) is 113 Å². The van der Waals surface area contributed by atoms with Gasteiger partial charge >= 0.3 is 0 Å². The highest BCUT2D eigenvalue weighted by molar-refractivity contribution is 7.93. The first kappa shape index (κ1) is 22.7. The van der Waals surface area contributed by atoms with Gasteiger partial charge in [0.05, 0.1) is 21.2 Å². The monoisotopic (exact) mass is 489 g/mol. The number of halogens is 1. The zero-order valence-corrected chi connectivity index (χ0v) is 18.9. The molecule has 1 fully saturated rings. The average molecular weight is 490 g/mol. The average Bonchev–Trinajstić information content (AvgIpc) is 3.21. The lowest BCUT2D eigenvalue weighted by molar-refractivity contribution is -0.117. The third-order valence-electron chi connectivity index (χ3n) is 5.07. The molecule has 0 atom stereocenters. The number of benzene rings is 3. The summed E-state index contributed by atoms with van der Waals surface area (Å²) < 4.78 is 69.0. The predicted octanol–water partition coefficient (Wildman–Crippen LogP) is 3.55. The molecule has 0 aromatic heterocycles. The molecule has 1 amide bonds. The number of sulfonamides is 2. The molecule has 0 spiro atoms. The third kappa shape index (κ3) is 4.99. The van der Waals surface area contributed by atoms with Crippen LogP contribution in [0.25, 0.3) is 0 Å². The van der Waals surface area contributed by atoms with Crippen molar-refractivity contribution in [2.75, 3.05) is 20.9 Å². The van der Waals surface area contributed by atoms with Crippen LogP contribution in [0.15, 0.2) is 82.6 Å². The Hall–Kier alpha value is -3.44. The van der Waals surface area contributed by atoms with Gasteiger partial charge in [-0.2, -0.15) is 0 Å². The second-order valence-corrected chi connectivity index (χ2v) is 10.7. The number of hydrogen-bond donors (Lipinski definition) is 2. The largest absolute Gasteiger partial charge is 0.312 e. The maximum Gasteiger partial charge on any atom is 0.261 e. The van der Waals surface area contributed by atoms with Crippen LogP contribution in [0.2, 0.25) is 0 Å². The van der Waals surface area contributed by atoms with Crippen molar-refractivity contribution in [1.29, 1.82) is 0 Å². The highest BCUT2D eigenvalue weighted by Gasteiger charge is 2.23. The number of nitrogens with zero attached hydrogens (tertiary/aromatic N) is 1. The van der Waals surface area contributed by atoms with Gasteiger partial charge in [0, 0.05) is 18.7 Å². The minimum absolute atomic E-state index is 0.00434. The van der Waals surface area contributed by atoms with Crippen molar-refractivity contribution >= 4 is 43.0 Å². The summed E-state index contributed by atoms with van der Waals surface area (Å²) in [7, 11) is -8.14. The normalized spacial score (nSPS) is 14.3. The molecule has 0 aliphatic carbocycles. The smallest absolute Gasteiger partial charge is 0.261 e. The Labute approximate surface area is 191 Å². The zero-order chi connectivity index (χ0) is 23.6. The molecule has 3 aromatic rings. The predicted molar refractivity (Wildman–Crippen MR) is 122 cm³/mol. The van der Waals surface area contributed by atoms with Gasteiger partial charge < -0.3 is 4.90 Å². The van der Waals surface area contributed by atoms with Crippen molar-refractivity contribution in [3.63, 3.8) is 0 Å². The van der Waals surface area contributed by atoms with Crippen molar-refractivity contribution in [1.82, 2.24) is 0 Å². The molecule has 2 N–H and O–H groups in total. The number of anilines is 3. The molecule has 8 nitrogen and oxygen atoms in total. The highest BCUT2D eigenvalue weighted by Crippen LogP contribution is 2.28. The Balaban J connectivity index is 1.57. The lowest BCUT2D eigenvalue weighted by Crippen LogP contribution is -2.23. The van der Waals surface area contributed by atoms with Crippen LogP contribution in [0.4, 0.5) is 21.5 Å². The van der Waals surface area contributed by atoms with E-state index in [9.17, 15) is 26.0 Å². The van der Waals surface area contributed by atoms with Crippen LogP contribution in [-0.4, -0.2) is 29.3 Å². The third-order valence-corrected chi connectivity index (χ3v) is 7.83. The van der Waals surface area contributed by atoms with Gasteiger partial charge in [0.25, 0.3) is 20.0 Å². The van der Waals surface area contributed by atoms with Crippen molar-refractivity contribution in [2.45, 2.75) is 22.6 Å². The molecule has 1 saturated heterocycles. The fourth-order valence-electron chi connectivity index (χ4n) is 3.41. The van der Waals surface area contributed by atoms with Gasteiger partial charge in [-0.1, -0.05) is 12.1 Å². The molecule has 0 bridgehead atoms. The van der Waals surface area contributed by atoms with Crippen LogP contribution in [-0.2, 0) is 24.8 Å². The summed E-state index contributed by atoms with van der Waals surface area (Å²) in [5.41, 5.74) is 0.635. The summed E-state index contributed by atoms with van der Waals surface area (Å²) in [6.07, 6.45) is 1.22. The summed E-state index contributed by atoms with van der Waals surface area (Å²) in [4.78, 5) is 13.3. The van der Waals surface area contributed by atoms with E-state index in [1.54, 1.807) is 29.2 Å². The van der Waals surface area contributed by atoms with E-state index < -0.39 is 25.9 Å². The Morgan fingerprint density at radius 1 is 0.727 bits per heavy atom. The van der Waals surface area contributed by atoms with Crippen LogP contribution in [0, 0.1) is 5.82 Å². The van der Waals surface area contributed by atoms with E-state index in [2.05, 4.69) is 9.44 Å². The number of para-hydroxylation sites is 2. The van der Waals surface area contributed by atoms with E-state index in [-0.39, 0.29) is 27.1 Å². The second-order valence-electron chi connectivity index (χ2n) is 7.35. The molecule has 11 heteroatoms. The lowest BCUT2D eigenvalue weighted by Gasteiger charge is -2.17. The second kappa shape index (κ2) is 8.83. The van der Waals surface area contributed by atoms with Crippen LogP contribution in [0.3, 0.4) is 0 Å². The lowest BCUT2D eigenvalue weighted by atomic mass is 10.3. The number of carbonyl (C=O) groups excluding carboxylic acids is 1. The van der Waals surface area contributed by atoms with Crippen molar-refractivity contribution < 1.29 is 26.0 Å². The Morgan fingerprint density at radius 3 is 1.67 bits per heavy atom. The van der Waals surface area contributed by atoms with E-state index in [1.165, 1.54) is 24.3 Å². The number of rotatable bonds is 7. The standard InChI is InChI=1S/C22H20FN3O5S2/c23-16-7-11-18(12-8-16)32(28,29)24-20-4-1-2-5-21(20)25-33(30,31)19-13-9-17(10-14-19)26-15-3-6-22(26)27/h1-2,4-5,7-14,24-25H,3,6,15H2. The summed E-state index contributed by atoms with van der Waals surface area (Å²) in [6.45, 7) is 0.588. The molecule has 0 saturated carbocycles. The van der Waals surface area contributed by atoms with E-state index in [4.69, 9.17) is 0 Å². The van der Waals surface area contributed by atoms with E-state index in [0.29, 0.717) is 18.7 Å². The highest BCUT2D eigenvalue weighted by atomic mass is 32.2. The fraction of sp³-hybridized carbons (Fsp3) is 0.136. The van der Waals surface area contributed by atoms with Crippen LogP contribution >= 0.6 is 0 Å². The van der Waals surface area contributed by atoms with Crippen LogP contribution in [0.5, 0.6) is 0 Å². The molecule has 0 radical (unpaired) electrons. The zero-order valence-electron chi connectivity index (χ0n) is 17.2. The van der Waals surface area contributed by atoms with Gasteiger partial charge in [0.2, 0.25) is 5.91 Å². The molecular weight excluding hydrogens is 469 g/mol. The molecule has 0 unspecified atom stereocenters. The van der Waals surface area contributed by atoms with Crippen molar-refractivity contribution in [3.05, 3.63) is 78.6 Å². The van der Waals surface area contributed by atoms with Crippen molar-refractivity contribution in [2.24, 2.45) is 0 Å². The molecule has 3 aromatic carbocycles. The first-order chi connectivity index (χ1) is 15.7. The van der Waals surface area contributed by atoms with Crippen molar-refractivity contribution in [3.8, 4) is 0 Å². The summed E-state index contributed by atoms with van der Waals surface area (Å²) in [5.74, 6) is -0.590. The number of hydrogen-bond acceptors (Lipinski definition) is 5. The summed E-state index contributed by atoms with van der Waals surface area (Å²) in [6, 6.07) is 16.0. The van der Waals surface area contributed by atoms with E-state index in [1.807, 2.05) is 0 Å².